The zero-order valence-electron chi connectivity index (χ0n) is 12.6. The lowest BCUT2D eigenvalue weighted by molar-refractivity contribution is 0.444. The zero-order valence-corrected chi connectivity index (χ0v) is 12.6. The van der Waals surface area contributed by atoms with E-state index in [2.05, 4.69) is 33.8 Å². The lowest BCUT2D eigenvalue weighted by atomic mass is 9.96. The number of hydrogen-bond acceptors (Lipinski definition) is 3. The average Bonchev–Trinajstić information content (AvgIpc) is 3.01. The maximum atomic E-state index is 4.50. The number of aromatic nitrogens is 4. The maximum absolute atomic E-state index is 4.50. The third-order valence-electron chi connectivity index (χ3n) is 4.45. The Kier molecular flexibility index (Phi) is 3.61. The molecule has 1 saturated heterocycles. The largest absolute Gasteiger partial charge is 0.330 e. The molecule has 0 aliphatic carbocycles. The SMILES string of the molecule is Cc1nn(C)c(C)c1Cn1cncc1C1CCCNC1. The summed E-state index contributed by atoms with van der Waals surface area (Å²) in [5.41, 5.74) is 5.02. The molecule has 5 nitrogen and oxygen atoms in total. The van der Waals surface area contributed by atoms with Gasteiger partial charge < -0.3 is 9.88 Å². The number of aryl methyl sites for hydroxylation is 2. The van der Waals surface area contributed by atoms with Crippen LogP contribution in [-0.4, -0.2) is 32.4 Å². The van der Waals surface area contributed by atoms with Crippen LogP contribution < -0.4 is 5.32 Å². The molecule has 1 N–H and O–H groups in total. The molecule has 3 rings (SSSR count). The van der Waals surface area contributed by atoms with Crippen molar-refractivity contribution in [3.63, 3.8) is 0 Å². The van der Waals surface area contributed by atoms with Gasteiger partial charge in [-0.1, -0.05) is 0 Å². The van der Waals surface area contributed by atoms with Crippen LogP contribution in [0, 0.1) is 13.8 Å². The predicted molar refractivity (Wildman–Crippen MR) is 78.9 cm³/mol. The van der Waals surface area contributed by atoms with Crippen LogP contribution in [0.5, 0.6) is 0 Å². The van der Waals surface area contributed by atoms with Crippen molar-refractivity contribution < 1.29 is 0 Å². The van der Waals surface area contributed by atoms with Crippen molar-refractivity contribution in [1.82, 2.24) is 24.6 Å². The number of nitrogens with zero attached hydrogens (tertiary/aromatic N) is 4. The molecule has 5 heteroatoms. The van der Waals surface area contributed by atoms with E-state index >= 15 is 0 Å². The van der Waals surface area contributed by atoms with Gasteiger partial charge in [-0.15, -0.1) is 0 Å². The molecule has 1 fully saturated rings. The van der Waals surface area contributed by atoms with Gasteiger partial charge in [0.25, 0.3) is 0 Å². The Morgan fingerprint density at radius 1 is 1.40 bits per heavy atom. The topological polar surface area (TPSA) is 47.7 Å². The molecular weight excluding hydrogens is 250 g/mol. The standard InChI is InChI=1S/C15H23N5/c1-11-14(12(2)19(3)18-11)9-20-10-17-8-15(20)13-5-4-6-16-7-13/h8,10,13,16H,4-7,9H2,1-3H3. The Labute approximate surface area is 120 Å². The highest BCUT2D eigenvalue weighted by Crippen LogP contribution is 2.24. The summed E-state index contributed by atoms with van der Waals surface area (Å²) in [5.74, 6) is 0.587. The van der Waals surface area contributed by atoms with E-state index in [1.165, 1.54) is 29.8 Å². The monoisotopic (exact) mass is 273 g/mol. The van der Waals surface area contributed by atoms with Crippen molar-refractivity contribution in [2.45, 2.75) is 39.2 Å². The summed E-state index contributed by atoms with van der Waals surface area (Å²) in [4.78, 5) is 4.37. The molecule has 3 heterocycles. The highest BCUT2D eigenvalue weighted by Gasteiger charge is 2.20. The second-order valence-electron chi connectivity index (χ2n) is 5.76. The summed E-state index contributed by atoms with van der Waals surface area (Å²) in [5, 5.41) is 7.99. The summed E-state index contributed by atoms with van der Waals surface area (Å²) in [6, 6.07) is 0. The molecule has 20 heavy (non-hydrogen) atoms. The van der Waals surface area contributed by atoms with E-state index in [-0.39, 0.29) is 0 Å². The molecule has 1 atom stereocenters. The first kappa shape index (κ1) is 13.4. The number of hydrogen-bond donors (Lipinski definition) is 1. The van der Waals surface area contributed by atoms with Gasteiger partial charge in [0.2, 0.25) is 0 Å². The van der Waals surface area contributed by atoms with Crippen LogP contribution in [0.4, 0.5) is 0 Å². The maximum Gasteiger partial charge on any atom is 0.0951 e. The van der Waals surface area contributed by atoms with Crippen molar-refractivity contribution in [2.75, 3.05) is 13.1 Å². The molecule has 2 aromatic heterocycles. The first-order chi connectivity index (χ1) is 9.66. The molecule has 0 radical (unpaired) electrons. The number of nitrogens with one attached hydrogen (secondary N) is 1. The van der Waals surface area contributed by atoms with Gasteiger partial charge in [0.15, 0.2) is 0 Å². The highest BCUT2D eigenvalue weighted by molar-refractivity contribution is 5.25. The van der Waals surface area contributed by atoms with Gasteiger partial charge in [0, 0.05) is 42.7 Å². The number of imidazole rings is 1. The summed E-state index contributed by atoms with van der Waals surface area (Å²) in [6.45, 7) is 7.30. The van der Waals surface area contributed by atoms with Crippen LogP contribution in [0.15, 0.2) is 12.5 Å². The Hall–Kier alpha value is -1.62. The minimum Gasteiger partial charge on any atom is -0.330 e. The first-order valence-corrected chi connectivity index (χ1v) is 7.36. The Morgan fingerprint density at radius 3 is 2.90 bits per heavy atom. The van der Waals surface area contributed by atoms with Gasteiger partial charge in [-0.3, -0.25) is 4.68 Å². The Balaban J connectivity index is 1.86. The van der Waals surface area contributed by atoms with Crippen LogP contribution in [-0.2, 0) is 13.6 Å². The molecule has 0 bridgehead atoms. The molecule has 1 aliphatic heterocycles. The normalized spacial score (nSPS) is 19.4. The summed E-state index contributed by atoms with van der Waals surface area (Å²) in [7, 11) is 2.01. The van der Waals surface area contributed by atoms with E-state index in [0.717, 1.165) is 25.3 Å². The molecule has 0 saturated carbocycles. The predicted octanol–water partition coefficient (Wildman–Crippen LogP) is 1.75. The number of rotatable bonds is 3. The smallest absolute Gasteiger partial charge is 0.0951 e. The lowest BCUT2D eigenvalue weighted by Gasteiger charge is -2.23. The van der Waals surface area contributed by atoms with Crippen LogP contribution in [0.2, 0.25) is 0 Å². The fraction of sp³-hybridized carbons (Fsp3) is 0.600. The van der Waals surface area contributed by atoms with Crippen molar-refractivity contribution in [1.29, 1.82) is 0 Å². The molecule has 108 valence electrons. The zero-order chi connectivity index (χ0) is 14.1. The average molecular weight is 273 g/mol. The fourth-order valence-corrected chi connectivity index (χ4v) is 3.12. The van der Waals surface area contributed by atoms with Crippen molar-refractivity contribution in [3.8, 4) is 0 Å². The van der Waals surface area contributed by atoms with Crippen LogP contribution >= 0.6 is 0 Å². The Morgan fingerprint density at radius 2 is 2.25 bits per heavy atom. The van der Waals surface area contributed by atoms with Crippen LogP contribution in [0.3, 0.4) is 0 Å². The Bertz CT molecular complexity index is 589. The first-order valence-electron chi connectivity index (χ1n) is 7.36. The summed E-state index contributed by atoms with van der Waals surface area (Å²) >= 11 is 0. The van der Waals surface area contributed by atoms with Crippen LogP contribution in [0.25, 0.3) is 0 Å². The third-order valence-corrected chi connectivity index (χ3v) is 4.45. The summed E-state index contributed by atoms with van der Waals surface area (Å²) in [6.07, 6.45) is 6.49. The van der Waals surface area contributed by atoms with Gasteiger partial charge in [0.1, 0.15) is 0 Å². The van der Waals surface area contributed by atoms with E-state index in [9.17, 15) is 0 Å². The van der Waals surface area contributed by atoms with Gasteiger partial charge in [-0.05, 0) is 33.2 Å². The van der Waals surface area contributed by atoms with Crippen LogP contribution in [0.1, 0.15) is 41.4 Å². The lowest BCUT2D eigenvalue weighted by Crippen LogP contribution is -2.29. The second kappa shape index (κ2) is 5.40. The van der Waals surface area contributed by atoms with E-state index in [0.29, 0.717) is 5.92 Å². The van der Waals surface area contributed by atoms with E-state index in [1.807, 2.05) is 24.3 Å². The van der Waals surface area contributed by atoms with Crippen molar-refractivity contribution >= 4 is 0 Å². The fourth-order valence-electron chi connectivity index (χ4n) is 3.12. The second-order valence-corrected chi connectivity index (χ2v) is 5.76. The van der Waals surface area contributed by atoms with Crippen molar-refractivity contribution in [3.05, 3.63) is 35.2 Å². The van der Waals surface area contributed by atoms with Gasteiger partial charge in [-0.25, -0.2) is 4.98 Å². The summed E-state index contributed by atoms with van der Waals surface area (Å²) < 4.78 is 4.25. The highest BCUT2D eigenvalue weighted by atomic mass is 15.3. The molecule has 1 aliphatic rings. The molecule has 1 unspecified atom stereocenters. The minimum atomic E-state index is 0.587. The third kappa shape index (κ3) is 2.38. The molecule has 0 aromatic carbocycles. The molecule has 2 aromatic rings. The minimum absolute atomic E-state index is 0.587. The molecular formula is C15H23N5. The number of piperidine rings is 1. The molecule has 0 amide bonds. The van der Waals surface area contributed by atoms with Gasteiger partial charge in [0.05, 0.1) is 18.6 Å². The van der Waals surface area contributed by atoms with E-state index in [4.69, 9.17) is 0 Å². The van der Waals surface area contributed by atoms with Crippen molar-refractivity contribution in [2.24, 2.45) is 7.05 Å². The quantitative estimate of drug-likeness (QED) is 0.927. The molecule has 0 spiro atoms. The van der Waals surface area contributed by atoms with E-state index < -0.39 is 0 Å². The van der Waals surface area contributed by atoms with E-state index in [1.54, 1.807) is 0 Å². The van der Waals surface area contributed by atoms with Gasteiger partial charge >= 0.3 is 0 Å². The van der Waals surface area contributed by atoms with Gasteiger partial charge in [-0.2, -0.15) is 5.10 Å².